The minimum absolute atomic E-state index is 0.135. The smallest absolute Gasteiger partial charge is 0.307 e. The van der Waals surface area contributed by atoms with Gasteiger partial charge in [0.1, 0.15) is 6.61 Å². The molecule has 18 heavy (non-hydrogen) atoms. The van der Waals surface area contributed by atoms with Crippen LogP contribution >= 0.6 is 45.2 Å². The monoisotopic (exact) mass is 483 g/mol. The van der Waals surface area contributed by atoms with E-state index in [0.717, 1.165) is 6.54 Å². The van der Waals surface area contributed by atoms with Crippen LogP contribution < -0.4 is 0 Å². The Labute approximate surface area is 135 Å². The summed E-state index contributed by atoms with van der Waals surface area (Å²) in [5.74, 6) is -0.421. The van der Waals surface area contributed by atoms with Crippen LogP contribution in [0.15, 0.2) is 0 Å². The molecule has 0 aromatic carbocycles. The highest BCUT2D eigenvalue weighted by Crippen LogP contribution is 2.13. The van der Waals surface area contributed by atoms with Crippen molar-refractivity contribution in [3.63, 3.8) is 0 Å². The van der Waals surface area contributed by atoms with Crippen LogP contribution in [0.25, 0.3) is 0 Å². The molecule has 0 saturated heterocycles. The molecule has 0 fully saturated rings. The zero-order valence-electron chi connectivity index (χ0n) is 10.7. The molecule has 0 aromatic heterocycles. The normalized spacial score (nSPS) is 10.8. The number of esters is 2. The van der Waals surface area contributed by atoms with Gasteiger partial charge in [0, 0.05) is 19.4 Å². The molecule has 0 saturated carbocycles. The number of rotatable bonds is 9. The Hall–Kier alpha value is 0.360. The topological polar surface area (TPSA) is 55.8 Å². The maximum atomic E-state index is 11.3. The van der Waals surface area contributed by atoms with E-state index < -0.39 is 0 Å². The average Bonchev–Trinajstić information content (AvgIpc) is 2.23. The predicted octanol–water partition coefficient (Wildman–Crippen LogP) is 2.35. The summed E-state index contributed by atoms with van der Waals surface area (Å²) >= 11 is 4.03. The number of ether oxygens (including phenoxy) is 2. The summed E-state index contributed by atoms with van der Waals surface area (Å²) in [5, 5.41) is 0. The zero-order chi connectivity index (χ0) is 14.0. The van der Waals surface area contributed by atoms with E-state index in [1.165, 1.54) is 0 Å². The van der Waals surface area contributed by atoms with Gasteiger partial charge in [0.25, 0.3) is 0 Å². The molecule has 0 aromatic rings. The first-order valence-corrected chi connectivity index (χ1v) is 8.19. The summed E-state index contributed by atoms with van der Waals surface area (Å²) in [4.78, 5) is 24.4. The third-order valence-electron chi connectivity index (χ3n) is 2.03. The van der Waals surface area contributed by atoms with E-state index in [2.05, 4.69) is 0 Å². The fourth-order valence-corrected chi connectivity index (χ4v) is 1.68. The van der Waals surface area contributed by atoms with Gasteiger partial charge in [-0.15, -0.1) is 0 Å². The van der Waals surface area contributed by atoms with Gasteiger partial charge < -0.3 is 14.4 Å². The van der Waals surface area contributed by atoms with Crippen LogP contribution in [0.5, 0.6) is 0 Å². The fourth-order valence-electron chi connectivity index (χ4n) is 1.11. The largest absolute Gasteiger partial charge is 0.464 e. The Bertz CT molecular complexity index is 259. The first-order chi connectivity index (χ1) is 8.41. The van der Waals surface area contributed by atoms with Gasteiger partial charge in [-0.2, -0.15) is 0 Å². The number of unbranched alkanes of at least 4 members (excludes halogenated alkanes) is 1. The maximum Gasteiger partial charge on any atom is 0.307 e. The van der Waals surface area contributed by atoms with Crippen LogP contribution in [-0.2, 0) is 19.1 Å². The second-order valence-corrected chi connectivity index (χ2v) is 8.63. The summed E-state index contributed by atoms with van der Waals surface area (Å²) in [6.07, 6.45) is 2.02. The lowest BCUT2D eigenvalue weighted by molar-refractivity contribution is -0.145. The zero-order valence-corrected chi connectivity index (χ0v) is 15.0. The minimum atomic E-state index is -0.218. The van der Waals surface area contributed by atoms with Gasteiger partial charge in [0.05, 0.1) is 0 Å². The summed E-state index contributed by atoms with van der Waals surface area (Å²) in [7, 11) is 3.85. The number of carbonyl (C=O) groups is 2. The number of carbonyl (C=O) groups excluding carboxylic acids is 2. The van der Waals surface area contributed by atoms with Crippen molar-refractivity contribution in [2.45, 2.75) is 27.8 Å². The Morgan fingerprint density at radius 2 is 1.67 bits per heavy atom. The van der Waals surface area contributed by atoms with Crippen LogP contribution in [0, 0.1) is 0 Å². The molecule has 0 atom stereocenters. The molecule has 0 spiro atoms. The molecule has 0 aliphatic rings. The molecular formula is C11H19I2NO4. The Kier molecular flexibility index (Phi) is 11.4. The first-order valence-electron chi connectivity index (χ1n) is 5.70. The second kappa shape index (κ2) is 11.2. The molecule has 0 heterocycles. The van der Waals surface area contributed by atoms with Crippen molar-refractivity contribution < 1.29 is 19.1 Å². The average molecular weight is 483 g/mol. The van der Waals surface area contributed by atoms with Gasteiger partial charge in [-0.3, -0.25) is 9.59 Å². The lowest BCUT2D eigenvalue weighted by Gasteiger charge is -2.09. The van der Waals surface area contributed by atoms with Crippen molar-refractivity contribution in [2.75, 3.05) is 27.2 Å². The highest BCUT2D eigenvalue weighted by molar-refractivity contribution is 14.2. The van der Waals surface area contributed by atoms with Crippen LogP contribution in [0.4, 0.5) is 0 Å². The molecule has 0 N–H and O–H groups in total. The van der Waals surface area contributed by atoms with Crippen molar-refractivity contribution in [3.8, 4) is 0 Å². The van der Waals surface area contributed by atoms with Gasteiger partial charge in [-0.1, -0.05) is 0 Å². The molecule has 0 unspecified atom stereocenters. The molecule has 7 heteroatoms. The SMILES string of the molecule is CN(C)CCOC(=O)CCCCC(=O)OC(I)I. The molecule has 0 radical (unpaired) electrons. The Balaban J connectivity index is 3.43. The van der Waals surface area contributed by atoms with Gasteiger partial charge >= 0.3 is 11.9 Å². The molecule has 0 aliphatic carbocycles. The number of halogens is 2. The highest BCUT2D eigenvalue weighted by Gasteiger charge is 2.08. The van der Waals surface area contributed by atoms with E-state index in [1.54, 1.807) is 0 Å². The van der Waals surface area contributed by atoms with Gasteiger partial charge in [0.2, 0.25) is 2.12 Å². The van der Waals surface area contributed by atoms with Crippen LogP contribution in [0.2, 0.25) is 0 Å². The van der Waals surface area contributed by atoms with E-state index in [0.29, 0.717) is 32.3 Å². The van der Waals surface area contributed by atoms with Crippen LogP contribution in [0.3, 0.4) is 0 Å². The van der Waals surface area contributed by atoms with Gasteiger partial charge in [-0.25, -0.2) is 0 Å². The fraction of sp³-hybridized carbons (Fsp3) is 0.818. The van der Waals surface area contributed by atoms with E-state index in [9.17, 15) is 9.59 Å². The van der Waals surface area contributed by atoms with Crippen molar-refractivity contribution in [1.82, 2.24) is 4.90 Å². The third-order valence-corrected chi connectivity index (χ3v) is 2.54. The van der Waals surface area contributed by atoms with Crippen molar-refractivity contribution in [2.24, 2.45) is 0 Å². The number of alkyl halides is 2. The molecule has 106 valence electrons. The standard InChI is InChI=1S/C11H19I2NO4/c1-14(2)7-8-17-9(15)5-3-4-6-10(16)18-11(12)13/h11H,3-8H2,1-2H3. The van der Waals surface area contributed by atoms with Gasteiger partial charge in [-0.05, 0) is 72.1 Å². The van der Waals surface area contributed by atoms with Crippen molar-refractivity contribution in [1.29, 1.82) is 0 Å². The Morgan fingerprint density at radius 1 is 1.11 bits per heavy atom. The maximum absolute atomic E-state index is 11.3. The molecule has 0 bridgehead atoms. The summed E-state index contributed by atoms with van der Waals surface area (Å²) in [5.41, 5.74) is 0. The molecular weight excluding hydrogens is 464 g/mol. The van der Waals surface area contributed by atoms with Crippen molar-refractivity contribution >= 4 is 57.1 Å². The third kappa shape index (κ3) is 12.8. The van der Waals surface area contributed by atoms with Crippen LogP contribution in [0.1, 0.15) is 25.7 Å². The Morgan fingerprint density at radius 3 is 2.17 bits per heavy atom. The number of hydrogen-bond acceptors (Lipinski definition) is 5. The van der Waals surface area contributed by atoms with E-state index in [1.807, 2.05) is 64.2 Å². The van der Waals surface area contributed by atoms with E-state index in [-0.39, 0.29) is 14.1 Å². The molecule has 0 rings (SSSR count). The molecule has 0 amide bonds. The first kappa shape index (κ1) is 18.4. The second-order valence-electron chi connectivity index (χ2n) is 3.98. The summed E-state index contributed by atoms with van der Waals surface area (Å²) in [6, 6.07) is 0. The predicted molar refractivity (Wildman–Crippen MR) is 85.9 cm³/mol. The van der Waals surface area contributed by atoms with Gasteiger partial charge in [0.15, 0.2) is 0 Å². The van der Waals surface area contributed by atoms with Crippen molar-refractivity contribution in [3.05, 3.63) is 0 Å². The van der Waals surface area contributed by atoms with E-state index >= 15 is 0 Å². The number of hydrogen-bond donors (Lipinski definition) is 0. The quantitative estimate of drug-likeness (QED) is 0.218. The molecule has 5 nitrogen and oxygen atoms in total. The number of nitrogens with zero attached hydrogens (tertiary/aromatic N) is 1. The minimum Gasteiger partial charge on any atom is -0.464 e. The lowest BCUT2D eigenvalue weighted by atomic mass is 10.2. The van der Waals surface area contributed by atoms with Crippen LogP contribution in [-0.4, -0.2) is 46.2 Å². The summed E-state index contributed by atoms with van der Waals surface area (Å²) in [6.45, 7) is 1.14. The summed E-state index contributed by atoms with van der Waals surface area (Å²) < 4.78 is 9.85. The molecule has 0 aliphatic heterocycles. The highest BCUT2D eigenvalue weighted by atomic mass is 127. The lowest BCUT2D eigenvalue weighted by Crippen LogP contribution is -2.20. The number of likely N-dealkylation sites (N-methyl/N-ethyl adjacent to an activating group) is 1. The van der Waals surface area contributed by atoms with E-state index in [4.69, 9.17) is 9.47 Å².